The number of aromatic amines is 1. The summed E-state index contributed by atoms with van der Waals surface area (Å²) in [6, 6.07) is 6.22. The Morgan fingerprint density at radius 2 is 2.06 bits per heavy atom. The predicted molar refractivity (Wildman–Crippen MR) is 67.1 cm³/mol. The van der Waals surface area contributed by atoms with E-state index in [4.69, 9.17) is 5.26 Å². The first-order chi connectivity index (χ1) is 8.19. The normalized spacial score (nSPS) is 10.9. The Bertz CT molecular complexity index is 632. The van der Waals surface area contributed by atoms with Crippen molar-refractivity contribution in [3.05, 3.63) is 34.5 Å². The first-order valence-electron chi connectivity index (χ1n) is 5.27. The second kappa shape index (κ2) is 4.30. The maximum Gasteiger partial charge on any atom is 0.127 e. The van der Waals surface area contributed by atoms with Crippen molar-refractivity contribution in [2.45, 2.75) is 13.8 Å². The summed E-state index contributed by atoms with van der Waals surface area (Å²) in [5, 5.41) is 13.9. The molecule has 0 radical (unpaired) electrons. The molecular weight excluding hydrogens is 214 g/mol. The maximum absolute atomic E-state index is 9.12. The number of benzene rings is 1. The van der Waals surface area contributed by atoms with Crippen LogP contribution in [0.25, 0.3) is 10.9 Å². The number of hydrogen-bond donors (Lipinski definition) is 1. The Labute approximate surface area is 99.5 Å². The average Bonchev–Trinajstić information content (AvgIpc) is 2.71. The van der Waals surface area contributed by atoms with Crippen LogP contribution in [0.3, 0.4) is 0 Å². The van der Waals surface area contributed by atoms with E-state index in [2.05, 4.69) is 21.0 Å². The topological polar surface area (TPSA) is 61.2 Å². The third-order valence-electron chi connectivity index (χ3n) is 2.81. The number of aromatic nitrogens is 1. The molecule has 0 fully saturated rings. The first-order valence-corrected chi connectivity index (χ1v) is 5.27. The number of nitrogens with zero attached hydrogens (tertiary/aromatic N) is 2. The van der Waals surface area contributed by atoms with E-state index >= 15 is 0 Å². The van der Waals surface area contributed by atoms with E-state index in [0.29, 0.717) is 5.69 Å². The van der Waals surface area contributed by atoms with E-state index in [-0.39, 0.29) is 0 Å². The summed E-state index contributed by atoms with van der Waals surface area (Å²) >= 11 is 0. The number of aryl methyl sites for hydroxylation is 2. The molecule has 0 bridgehead atoms. The van der Waals surface area contributed by atoms with Gasteiger partial charge in [-0.05, 0) is 25.0 Å². The molecule has 0 aliphatic carbocycles. The van der Waals surface area contributed by atoms with Gasteiger partial charge in [-0.25, -0.2) is 0 Å². The molecule has 0 unspecified atom stereocenters. The predicted octanol–water partition coefficient (Wildman–Crippen LogP) is 2.64. The number of H-pyrrole nitrogens is 1. The van der Waals surface area contributed by atoms with Gasteiger partial charge in [0.25, 0.3) is 0 Å². The van der Waals surface area contributed by atoms with Crippen molar-refractivity contribution in [2.75, 3.05) is 7.11 Å². The van der Waals surface area contributed by atoms with Gasteiger partial charge in [0, 0.05) is 10.9 Å². The Morgan fingerprint density at radius 3 is 2.71 bits per heavy atom. The summed E-state index contributed by atoms with van der Waals surface area (Å²) in [6.07, 6.45) is 1.57. The molecule has 0 saturated carbocycles. The van der Waals surface area contributed by atoms with Gasteiger partial charge in [-0.2, -0.15) is 5.26 Å². The lowest BCUT2D eigenvalue weighted by molar-refractivity contribution is 0.215. The smallest absolute Gasteiger partial charge is 0.127 e. The lowest BCUT2D eigenvalue weighted by Crippen LogP contribution is -1.86. The second-order valence-electron chi connectivity index (χ2n) is 3.89. The lowest BCUT2D eigenvalue weighted by atomic mass is 10.0. The molecule has 4 heteroatoms. The standard InChI is InChI=1S/C13H13N3O/c1-8-4-5-9(2)13-12(8)10(7-15-17-3)11(6-14)16-13/h4-5,7,16H,1-3H3. The van der Waals surface area contributed by atoms with Gasteiger partial charge >= 0.3 is 0 Å². The SMILES string of the molecule is CON=Cc1c(C#N)[nH]c2c(C)ccc(C)c12. The summed E-state index contributed by atoms with van der Waals surface area (Å²) in [4.78, 5) is 7.80. The van der Waals surface area contributed by atoms with E-state index in [1.807, 2.05) is 26.0 Å². The zero-order chi connectivity index (χ0) is 12.4. The summed E-state index contributed by atoms with van der Waals surface area (Å²) < 4.78 is 0. The van der Waals surface area contributed by atoms with Crippen LogP contribution in [0.15, 0.2) is 17.3 Å². The molecule has 17 heavy (non-hydrogen) atoms. The van der Waals surface area contributed by atoms with Gasteiger partial charge in [0.05, 0.1) is 11.7 Å². The molecular formula is C13H13N3O. The fourth-order valence-corrected chi connectivity index (χ4v) is 1.96. The zero-order valence-electron chi connectivity index (χ0n) is 10.0. The number of rotatable bonds is 2. The summed E-state index contributed by atoms with van der Waals surface area (Å²) in [5.74, 6) is 0. The minimum absolute atomic E-state index is 0.512. The number of nitriles is 1. The molecule has 0 amide bonds. The minimum atomic E-state index is 0.512. The molecule has 0 spiro atoms. The van der Waals surface area contributed by atoms with Crippen molar-refractivity contribution >= 4 is 17.1 Å². The van der Waals surface area contributed by atoms with Crippen LogP contribution in [0.2, 0.25) is 0 Å². The molecule has 0 atom stereocenters. The van der Waals surface area contributed by atoms with Crippen molar-refractivity contribution in [3.8, 4) is 6.07 Å². The highest BCUT2D eigenvalue weighted by atomic mass is 16.6. The van der Waals surface area contributed by atoms with Crippen LogP contribution in [-0.4, -0.2) is 18.3 Å². The number of oxime groups is 1. The third kappa shape index (κ3) is 1.76. The highest BCUT2D eigenvalue weighted by Crippen LogP contribution is 2.26. The minimum Gasteiger partial charge on any atom is -0.399 e. The third-order valence-corrected chi connectivity index (χ3v) is 2.81. The number of hydrogen-bond acceptors (Lipinski definition) is 3. The van der Waals surface area contributed by atoms with Crippen LogP contribution in [0, 0.1) is 25.2 Å². The molecule has 4 nitrogen and oxygen atoms in total. The van der Waals surface area contributed by atoms with Gasteiger partial charge in [-0.1, -0.05) is 17.3 Å². The highest BCUT2D eigenvalue weighted by molar-refractivity contribution is 6.04. The molecule has 0 aliphatic heterocycles. The monoisotopic (exact) mass is 227 g/mol. The van der Waals surface area contributed by atoms with Crippen LogP contribution < -0.4 is 0 Å². The van der Waals surface area contributed by atoms with Gasteiger partial charge in [0.2, 0.25) is 0 Å². The van der Waals surface area contributed by atoms with Crippen molar-refractivity contribution < 1.29 is 4.84 Å². The molecule has 0 saturated heterocycles. The van der Waals surface area contributed by atoms with Crippen LogP contribution >= 0.6 is 0 Å². The Morgan fingerprint density at radius 1 is 1.35 bits per heavy atom. The van der Waals surface area contributed by atoms with Gasteiger partial charge in [-0.3, -0.25) is 0 Å². The molecule has 1 N–H and O–H groups in total. The largest absolute Gasteiger partial charge is 0.399 e. The molecule has 2 rings (SSSR count). The van der Waals surface area contributed by atoms with E-state index in [0.717, 1.165) is 27.6 Å². The molecule has 2 aromatic rings. The van der Waals surface area contributed by atoms with Gasteiger partial charge < -0.3 is 9.82 Å². The fourth-order valence-electron chi connectivity index (χ4n) is 1.96. The zero-order valence-corrected chi connectivity index (χ0v) is 10.0. The molecule has 1 aromatic heterocycles. The van der Waals surface area contributed by atoms with Crippen molar-refractivity contribution in [1.82, 2.24) is 4.98 Å². The van der Waals surface area contributed by atoms with Crippen molar-refractivity contribution in [2.24, 2.45) is 5.16 Å². The van der Waals surface area contributed by atoms with Gasteiger partial charge in [0.15, 0.2) is 0 Å². The van der Waals surface area contributed by atoms with Crippen LogP contribution in [0.4, 0.5) is 0 Å². The maximum atomic E-state index is 9.12. The quantitative estimate of drug-likeness (QED) is 0.633. The van der Waals surface area contributed by atoms with E-state index in [9.17, 15) is 0 Å². The molecule has 0 aliphatic rings. The number of nitrogens with one attached hydrogen (secondary N) is 1. The average molecular weight is 227 g/mol. The highest BCUT2D eigenvalue weighted by Gasteiger charge is 2.13. The molecule has 86 valence electrons. The Hall–Kier alpha value is -2.28. The van der Waals surface area contributed by atoms with Crippen LogP contribution in [0.1, 0.15) is 22.4 Å². The molecule has 1 aromatic carbocycles. The lowest BCUT2D eigenvalue weighted by Gasteiger charge is -2.00. The summed E-state index contributed by atoms with van der Waals surface area (Å²) in [6.45, 7) is 4.03. The first kappa shape index (κ1) is 11.2. The van der Waals surface area contributed by atoms with E-state index in [1.54, 1.807) is 6.21 Å². The number of fused-ring (bicyclic) bond motifs is 1. The van der Waals surface area contributed by atoms with Crippen molar-refractivity contribution in [3.63, 3.8) is 0 Å². The van der Waals surface area contributed by atoms with E-state index in [1.165, 1.54) is 7.11 Å². The van der Waals surface area contributed by atoms with Gasteiger partial charge in [-0.15, -0.1) is 0 Å². The fraction of sp³-hybridized carbons (Fsp3) is 0.231. The Kier molecular flexibility index (Phi) is 2.84. The van der Waals surface area contributed by atoms with Crippen LogP contribution in [0.5, 0.6) is 0 Å². The Balaban J connectivity index is 2.84. The van der Waals surface area contributed by atoms with Gasteiger partial charge in [0.1, 0.15) is 18.9 Å². The van der Waals surface area contributed by atoms with E-state index < -0.39 is 0 Å². The summed E-state index contributed by atoms with van der Waals surface area (Å²) in [5.41, 5.74) is 4.50. The summed E-state index contributed by atoms with van der Waals surface area (Å²) in [7, 11) is 1.48. The van der Waals surface area contributed by atoms with Crippen LogP contribution in [-0.2, 0) is 4.84 Å². The van der Waals surface area contributed by atoms with Crippen molar-refractivity contribution in [1.29, 1.82) is 5.26 Å². The molecule has 1 heterocycles. The second-order valence-corrected chi connectivity index (χ2v) is 3.89.